The van der Waals surface area contributed by atoms with Crippen molar-refractivity contribution < 1.29 is 9.84 Å². The Morgan fingerprint density at radius 3 is 2.86 bits per heavy atom. The standard InChI is InChI=1S/C10H16N2O2/c1-7-4-5-8(9(13)6-11-2)12-10(7)14-3/h4-5,9,11,13H,6H2,1-3H3. The Balaban J connectivity index is 2.88. The predicted molar refractivity (Wildman–Crippen MR) is 54.4 cm³/mol. The fourth-order valence-electron chi connectivity index (χ4n) is 1.21. The molecule has 1 atom stereocenters. The second-order valence-corrected chi connectivity index (χ2v) is 3.14. The molecule has 1 unspecified atom stereocenters. The summed E-state index contributed by atoms with van der Waals surface area (Å²) in [7, 11) is 3.36. The van der Waals surface area contributed by atoms with Gasteiger partial charge < -0.3 is 15.2 Å². The number of aromatic nitrogens is 1. The van der Waals surface area contributed by atoms with E-state index in [2.05, 4.69) is 10.3 Å². The van der Waals surface area contributed by atoms with Crippen molar-refractivity contribution in [3.63, 3.8) is 0 Å². The highest BCUT2D eigenvalue weighted by Crippen LogP contribution is 2.18. The largest absolute Gasteiger partial charge is 0.481 e. The minimum atomic E-state index is -0.588. The first-order valence-corrected chi connectivity index (χ1v) is 4.53. The van der Waals surface area contributed by atoms with Gasteiger partial charge in [0.15, 0.2) is 0 Å². The summed E-state index contributed by atoms with van der Waals surface area (Å²) in [5.74, 6) is 0.567. The SMILES string of the molecule is CNCC(O)c1ccc(C)c(OC)n1. The Bertz CT molecular complexity index is 302. The van der Waals surface area contributed by atoms with Gasteiger partial charge in [-0.15, -0.1) is 0 Å². The summed E-state index contributed by atoms with van der Waals surface area (Å²) in [6, 6.07) is 3.69. The van der Waals surface area contributed by atoms with E-state index < -0.39 is 6.10 Å². The van der Waals surface area contributed by atoms with Crippen molar-refractivity contribution in [1.82, 2.24) is 10.3 Å². The summed E-state index contributed by atoms with van der Waals surface area (Å²) in [6.07, 6.45) is -0.588. The molecular weight excluding hydrogens is 180 g/mol. The predicted octanol–water partition coefficient (Wildman–Crippen LogP) is 0.651. The lowest BCUT2D eigenvalue weighted by molar-refractivity contribution is 0.172. The van der Waals surface area contributed by atoms with Crippen molar-refractivity contribution in [2.75, 3.05) is 20.7 Å². The van der Waals surface area contributed by atoms with Crippen LogP contribution in [0.1, 0.15) is 17.4 Å². The molecule has 0 spiro atoms. The Labute approximate surface area is 83.9 Å². The van der Waals surface area contributed by atoms with Gasteiger partial charge in [0.2, 0.25) is 5.88 Å². The molecule has 0 amide bonds. The van der Waals surface area contributed by atoms with Crippen LogP contribution in [0.15, 0.2) is 12.1 Å². The zero-order valence-electron chi connectivity index (χ0n) is 8.74. The highest BCUT2D eigenvalue weighted by Gasteiger charge is 2.10. The summed E-state index contributed by atoms with van der Waals surface area (Å²) in [5, 5.41) is 12.5. The van der Waals surface area contributed by atoms with E-state index in [0.717, 1.165) is 5.56 Å². The molecule has 0 bridgehead atoms. The third-order valence-electron chi connectivity index (χ3n) is 2.00. The summed E-state index contributed by atoms with van der Waals surface area (Å²) in [4.78, 5) is 4.20. The number of rotatable bonds is 4. The Kier molecular flexibility index (Phi) is 3.85. The molecule has 0 aromatic carbocycles. The summed E-state index contributed by atoms with van der Waals surface area (Å²) < 4.78 is 5.07. The van der Waals surface area contributed by atoms with Crippen molar-refractivity contribution in [2.24, 2.45) is 0 Å². The summed E-state index contributed by atoms with van der Waals surface area (Å²) in [5.41, 5.74) is 1.59. The van der Waals surface area contributed by atoms with Gasteiger partial charge in [-0.1, -0.05) is 6.07 Å². The molecule has 0 radical (unpaired) electrons. The maximum Gasteiger partial charge on any atom is 0.216 e. The number of nitrogens with zero attached hydrogens (tertiary/aromatic N) is 1. The highest BCUT2D eigenvalue weighted by molar-refractivity contribution is 5.27. The number of pyridine rings is 1. The van der Waals surface area contributed by atoms with E-state index >= 15 is 0 Å². The van der Waals surface area contributed by atoms with E-state index in [4.69, 9.17) is 4.74 Å². The van der Waals surface area contributed by atoms with Gasteiger partial charge in [0.1, 0.15) is 6.10 Å². The van der Waals surface area contributed by atoms with E-state index in [9.17, 15) is 5.11 Å². The first kappa shape index (κ1) is 10.9. The second-order valence-electron chi connectivity index (χ2n) is 3.14. The number of aryl methyl sites for hydroxylation is 1. The van der Waals surface area contributed by atoms with E-state index in [1.54, 1.807) is 20.2 Å². The van der Waals surface area contributed by atoms with Crippen LogP contribution >= 0.6 is 0 Å². The van der Waals surface area contributed by atoms with Crippen LogP contribution in [-0.2, 0) is 0 Å². The number of hydrogen-bond donors (Lipinski definition) is 2. The van der Waals surface area contributed by atoms with Crippen molar-refractivity contribution in [3.8, 4) is 5.88 Å². The first-order valence-electron chi connectivity index (χ1n) is 4.53. The summed E-state index contributed by atoms with van der Waals surface area (Å²) >= 11 is 0. The molecule has 0 aliphatic rings. The molecule has 4 nitrogen and oxygen atoms in total. The molecule has 78 valence electrons. The highest BCUT2D eigenvalue weighted by atomic mass is 16.5. The van der Waals surface area contributed by atoms with Crippen LogP contribution in [-0.4, -0.2) is 30.8 Å². The van der Waals surface area contributed by atoms with Gasteiger partial charge in [-0.3, -0.25) is 0 Å². The Hall–Kier alpha value is -1.13. The molecular formula is C10H16N2O2. The molecule has 0 fully saturated rings. The Morgan fingerprint density at radius 2 is 2.29 bits per heavy atom. The van der Waals surface area contributed by atoms with Gasteiger partial charge in [-0.2, -0.15) is 0 Å². The maximum atomic E-state index is 9.65. The van der Waals surface area contributed by atoms with Crippen LogP contribution < -0.4 is 10.1 Å². The quantitative estimate of drug-likeness (QED) is 0.742. The molecule has 1 heterocycles. The van der Waals surface area contributed by atoms with Gasteiger partial charge in [0, 0.05) is 12.1 Å². The lowest BCUT2D eigenvalue weighted by Gasteiger charge is -2.11. The molecule has 0 saturated carbocycles. The van der Waals surface area contributed by atoms with Crippen molar-refractivity contribution in [1.29, 1.82) is 0 Å². The number of ether oxygens (including phenoxy) is 1. The average molecular weight is 196 g/mol. The van der Waals surface area contributed by atoms with Gasteiger partial charge in [0.25, 0.3) is 0 Å². The minimum Gasteiger partial charge on any atom is -0.481 e. The van der Waals surface area contributed by atoms with Crippen LogP contribution in [0.5, 0.6) is 5.88 Å². The van der Waals surface area contributed by atoms with Crippen molar-refractivity contribution in [3.05, 3.63) is 23.4 Å². The summed E-state index contributed by atoms with van der Waals surface area (Å²) in [6.45, 7) is 2.40. The zero-order valence-corrected chi connectivity index (χ0v) is 8.74. The zero-order chi connectivity index (χ0) is 10.6. The normalized spacial score (nSPS) is 12.6. The lowest BCUT2D eigenvalue weighted by Crippen LogP contribution is -2.17. The molecule has 2 N–H and O–H groups in total. The molecule has 4 heteroatoms. The molecule has 1 aromatic rings. The van der Waals surface area contributed by atoms with Gasteiger partial charge in [0.05, 0.1) is 12.8 Å². The molecule has 0 saturated heterocycles. The maximum absolute atomic E-state index is 9.65. The van der Waals surface area contributed by atoms with Gasteiger partial charge >= 0.3 is 0 Å². The van der Waals surface area contributed by atoms with E-state index in [1.807, 2.05) is 13.0 Å². The number of hydrogen-bond acceptors (Lipinski definition) is 4. The minimum absolute atomic E-state index is 0.485. The number of nitrogens with one attached hydrogen (secondary N) is 1. The van der Waals surface area contributed by atoms with Crippen LogP contribution in [0.4, 0.5) is 0 Å². The van der Waals surface area contributed by atoms with Gasteiger partial charge in [-0.05, 0) is 20.0 Å². The molecule has 14 heavy (non-hydrogen) atoms. The van der Waals surface area contributed by atoms with E-state index in [0.29, 0.717) is 18.1 Å². The average Bonchev–Trinajstić information content (AvgIpc) is 2.19. The van der Waals surface area contributed by atoms with E-state index in [1.165, 1.54) is 0 Å². The topological polar surface area (TPSA) is 54.4 Å². The molecule has 0 aliphatic heterocycles. The fourth-order valence-corrected chi connectivity index (χ4v) is 1.21. The number of aliphatic hydroxyl groups is 1. The third kappa shape index (κ3) is 2.43. The molecule has 1 aromatic heterocycles. The van der Waals surface area contributed by atoms with Crippen molar-refractivity contribution >= 4 is 0 Å². The molecule has 1 rings (SSSR count). The first-order chi connectivity index (χ1) is 6.69. The van der Waals surface area contributed by atoms with Crippen LogP contribution in [0.25, 0.3) is 0 Å². The fraction of sp³-hybridized carbons (Fsp3) is 0.500. The van der Waals surface area contributed by atoms with Crippen LogP contribution in [0.2, 0.25) is 0 Å². The third-order valence-corrected chi connectivity index (χ3v) is 2.00. The Morgan fingerprint density at radius 1 is 1.57 bits per heavy atom. The lowest BCUT2D eigenvalue weighted by atomic mass is 10.2. The number of likely N-dealkylation sites (N-methyl/N-ethyl adjacent to an activating group) is 1. The van der Waals surface area contributed by atoms with Gasteiger partial charge in [-0.25, -0.2) is 4.98 Å². The monoisotopic (exact) mass is 196 g/mol. The smallest absolute Gasteiger partial charge is 0.216 e. The number of methoxy groups -OCH3 is 1. The molecule has 0 aliphatic carbocycles. The van der Waals surface area contributed by atoms with Crippen LogP contribution in [0, 0.1) is 6.92 Å². The van der Waals surface area contributed by atoms with E-state index in [-0.39, 0.29) is 0 Å². The second kappa shape index (κ2) is 4.93. The van der Waals surface area contributed by atoms with Crippen molar-refractivity contribution in [2.45, 2.75) is 13.0 Å². The number of aliphatic hydroxyl groups excluding tert-OH is 1. The van der Waals surface area contributed by atoms with Crippen LogP contribution in [0.3, 0.4) is 0 Å².